The highest BCUT2D eigenvalue weighted by atomic mass is 35.5. The monoisotopic (exact) mass is 262 g/mol. The van der Waals surface area contributed by atoms with Crippen molar-refractivity contribution in [2.75, 3.05) is 26.2 Å². The van der Waals surface area contributed by atoms with Gasteiger partial charge in [0.25, 0.3) is 0 Å². The van der Waals surface area contributed by atoms with Crippen molar-refractivity contribution >= 4 is 12.4 Å². The fourth-order valence-electron chi connectivity index (χ4n) is 2.52. The summed E-state index contributed by atoms with van der Waals surface area (Å²) in [4.78, 5) is 2.69. The molecule has 0 unspecified atom stereocenters. The molecular formula is C14H31ClN2. The van der Waals surface area contributed by atoms with Crippen LogP contribution in [0.15, 0.2) is 0 Å². The van der Waals surface area contributed by atoms with Crippen LogP contribution in [0.1, 0.15) is 52.9 Å². The Morgan fingerprint density at radius 1 is 1.18 bits per heavy atom. The molecule has 17 heavy (non-hydrogen) atoms. The first kappa shape index (κ1) is 17.2. The van der Waals surface area contributed by atoms with E-state index in [1.54, 1.807) is 0 Å². The molecule has 3 heteroatoms. The third-order valence-corrected chi connectivity index (χ3v) is 3.73. The maximum atomic E-state index is 3.45. The molecule has 1 saturated heterocycles. The fourth-order valence-corrected chi connectivity index (χ4v) is 2.52. The molecule has 1 rings (SSSR count). The van der Waals surface area contributed by atoms with Gasteiger partial charge in [0.2, 0.25) is 0 Å². The lowest BCUT2D eigenvalue weighted by Gasteiger charge is -2.32. The van der Waals surface area contributed by atoms with Crippen LogP contribution in [0.2, 0.25) is 0 Å². The molecule has 0 bridgehead atoms. The van der Waals surface area contributed by atoms with Gasteiger partial charge in [-0.25, -0.2) is 0 Å². The lowest BCUT2D eigenvalue weighted by Crippen LogP contribution is -2.39. The van der Waals surface area contributed by atoms with Gasteiger partial charge < -0.3 is 10.2 Å². The molecule has 0 aromatic rings. The van der Waals surface area contributed by atoms with Gasteiger partial charge in [-0.2, -0.15) is 0 Å². The summed E-state index contributed by atoms with van der Waals surface area (Å²) in [6.07, 6.45) is 6.84. The Morgan fingerprint density at radius 3 is 2.35 bits per heavy atom. The van der Waals surface area contributed by atoms with Crippen LogP contribution in [0.4, 0.5) is 0 Å². The van der Waals surface area contributed by atoms with Crippen molar-refractivity contribution < 1.29 is 0 Å². The highest BCUT2D eigenvalue weighted by Gasteiger charge is 2.18. The number of halogens is 1. The second-order valence-corrected chi connectivity index (χ2v) is 5.49. The molecule has 0 radical (unpaired) electrons. The fraction of sp³-hybridized carbons (Fsp3) is 1.00. The van der Waals surface area contributed by atoms with Gasteiger partial charge in [0, 0.05) is 12.6 Å². The van der Waals surface area contributed by atoms with Gasteiger partial charge in [-0.05, 0) is 58.7 Å². The summed E-state index contributed by atoms with van der Waals surface area (Å²) in [5.74, 6) is 0.935. The van der Waals surface area contributed by atoms with E-state index in [9.17, 15) is 0 Å². The standard InChI is InChI=1S/C14H30N2.ClH/c1-4-5-6-11-16(13(2)3)12-14-7-9-15-10-8-14;/h13-15H,4-12H2,1-3H3;1H. The first-order valence-corrected chi connectivity index (χ1v) is 7.18. The molecule has 1 N–H and O–H groups in total. The van der Waals surface area contributed by atoms with Crippen molar-refractivity contribution in [1.29, 1.82) is 0 Å². The van der Waals surface area contributed by atoms with Gasteiger partial charge in [-0.15, -0.1) is 12.4 Å². The number of piperidine rings is 1. The second-order valence-electron chi connectivity index (χ2n) is 5.49. The Morgan fingerprint density at radius 2 is 1.82 bits per heavy atom. The van der Waals surface area contributed by atoms with E-state index in [1.165, 1.54) is 58.3 Å². The minimum absolute atomic E-state index is 0. The zero-order valence-corrected chi connectivity index (χ0v) is 12.7. The Balaban J connectivity index is 0.00000256. The normalized spacial score (nSPS) is 17.5. The lowest BCUT2D eigenvalue weighted by molar-refractivity contribution is 0.166. The van der Waals surface area contributed by atoms with Gasteiger partial charge in [0.05, 0.1) is 0 Å². The Kier molecular flexibility index (Phi) is 10.3. The van der Waals surface area contributed by atoms with E-state index < -0.39 is 0 Å². The molecule has 0 aliphatic carbocycles. The quantitative estimate of drug-likeness (QED) is 0.709. The van der Waals surface area contributed by atoms with E-state index in [4.69, 9.17) is 0 Å². The van der Waals surface area contributed by atoms with Crippen LogP contribution in [-0.4, -0.2) is 37.1 Å². The number of hydrogen-bond acceptors (Lipinski definition) is 2. The van der Waals surface area contributed by atoms with Gasteiger partial charge in [0.1, 0.15) is 0 Å². The molecule has 2 nitrogen and oxygen atoms in total. The molecule has 0 spiro atoms. The molecule has 0 aromatic carbocycles. The molecule has 1 aliphatic rings. The number of nitrogens with zero attached hydrogens (tertiary/aromatic N) is 1. The molecular weight excluding hydrogens is 232 g/mol. The Hall–Kier alpha value is 0.210. The summed E-state index contributed by atoms with van der Waals surface area (Å²) in [5.41, 5.74) is 0. The smallest absolute Gasteiger partial charge is 0.00387 e. The molecule has 1 aliphatic heterocycles. The van der Waals surface area contributed by atoms with Crippen LogP contribution in [0.5, 0.6) is 0 Å². The van der Waals surface area contributed by atoms with Gasteiger partial charge >= 0.3 is 0 Å². The molecule has 0 aromatic heterocycles. The van der Waals surface area contributed by atoms with Crippen molar-refractivity contribution in [3.05, 3.63) is 0 Å². The number of rotatable bonds is 7. The third kappa shape index (κ3) is 7.28. The van der Waals surface area contributed by atoms with Crippen LogP contribution < -0.4 is 5.32 Å². The first-order valence-electron chi connectivity index (χ1n) is 7.18. The average molecular weight is 263 g/mol. The predicted molar refractivity (Wildman–Crippen MR) is 79.1 cm³/mol. The van der Waals surface area contributed by atoms with E-state index in [0.29, 0.717) is 6.04 Å². The van der Waals surface area contributed by atoms with E-state index >= 15 is 0 Å². The second kappa shape index (κ2) is 10.2. The molecule has 1 heterocycles. The highest BCUT2D eigenvalue weighted by molar-refractivity contribution is 5.85. The maximum Gasteiger partial charge on any atom is 0.00387 e. The van der Waals surface area contributed by atoms with Crippen molar-refractivity contribution in [3.8, 4) is 0 Å². The summed E-state index contributed by atoms with van der Waals surface area (Å²) in [5, 5.41) is 3.45. The molecule has 0 saturated carbocycles. The minimum Gasteiger partial charge on any atom is -0.317 e. The van der Waals surface area contributed by atoms with E-state index in [0.717, 1.165) is 5.92 Å². The lowest BCUT2D eigenvalue weighted by atomic mass is 9.97. The topological polar surface area (TPSA) is 15.3 Å². The summed E-state index contributed by atoms with van der Waals surface area (Å²) in [6.45, 7) is 12.0. The summed E-state index contributed by atoms with van der Waals surface area (Å²) >= 11 is 0. The first-order chi connectivity index (χ1) is 7.74. The Labute approximate surface area is 114 Å². The van der Waals surface area contributed by atoms with Crippen molar-refractivity contribution in [2.24, 2.45) is 5.92 Å². The third-order valence-electron chi connectivity index (χ3n) is 3.73. The number of unbranched alkanes of at least 4 members (excludes halogenated alkanes) is 2. The molecule has 0 atom stereocenters. The van der Waals surface area contributed by atoms with Crippen LogP contribution in [0.3, 0.4) is 0 Å². The zero-order valence-electron chi connectivity index (χ0n) is 11.9. The van der Waals surface area contributed by atoms with Crippen molar-refractivity contribution in [1.82, 2.24) is 10.2 Å². The average Bonchev–Trinajstić information content (AvgIpc) is 2.29. The maximum absolute atomic E-state index is 3.45. The van der Waals surface area contributed by atoms with Gasteiger partial charge in [-0.3, -0.25) is 0 Å². The molecule has 0 amide bonds. The van der Waals surface area contributed by atoms with Crippen LogP contribution in [0, 0.1) is 5.92 Å². The van der Waals surface area contributed by atoms with E-state index in [1.807, 2.05) is 0 Å². The Bertz CT molecular complexity index is 168. The summed E-state index contributed by atoms with van der Waals surface area (Å²) in [6, 6.07) is 0.715. The number of nitrogens with one attached hydrogen (secondary N) is 1. The van der Waals surface area contributed by atoms with E-state index in [-0.39, 0.29) is 12.4 Å². The summed E-state index contributed by atoms with van der Waals surface area (Å²) < 4.78 is 0. The van der Waals surface area contributed by atoms with Crippen LogP contribution >= 0.6 is 12.4 Å². The largest absolute Gasteiger partial charge is 0.317 e. The predicted octanol–water partition coefficient (Wildman–Crippen LogP) is 3.31. The molecule has 1 fully saturated rings. The number of hydrogen-bond donors (Lipinski definition) is 1. The van der Waals surface area contributed by atoms with Crippen molar-refractivity contribution in [2.45, 2.75) is 58.9 Å². The van der Waals surface area contributed by atoms with Gasteiger partial charge in [-0.1, -0.05) is 19.8 Å². The zero-order chi connectivity index (χ0) is 11.8. The van der Waals surface area contributed by atoms with Crippen LogP contribution in [-0.2, 0) is 0 Å². The summed E-state index contributed by atoms with van der Waals surface area (Å²) in [7, 11) is 0. The van der Waals surface area contributed by atoms with E-state index in [2.05, 4.69) is 31.0 Å². The highest BCUT2D eigenvalue weighted by Crippen LogP contribution is 2.15. The van der Waals surface area contributed by atoms with Gasteiger partial charge in [0.15, 0.2) is 0 Å². The minimum atomic E-state index is 0. The molecule has 104 valence electrons. The van der Waals surface area contributed by atoms with Crippen LogP contribution in [0.25, 0.3) is 0 Å². The van der Waals surface area contributed by atoms with Crippen molar-refractivity contribution in [3.63, 3.8) is 0 Å². The SMILES string of the molecule is CCCCCN(CC1CCNCC1)C(C)C.Cl.